The Morgan fingerprint density at radius 2 is 2.00 bits per heavy atom. The molecule has 3 N–H and O–H groups in total. The molecule has 1 amide bonds. The molecular formula is C17H25ClN4O. The normalized spacial score (nSPS) is 13.8. The maximum atomic E-state index is 12.2. The molecule has 1 heterocycles. The maximum Gasteiger partial charge on any atom is 0.237 e. The van der Waals surface area contributed by atoms with E-state index in [2.05, 4.69) is 10.4 Å². The third-order valence-electron chi connectivity index (χ3n) is 3.71. The van der Waals surface area contributed by atoms with E-state index in [-0.39, 0.29) is 29.8 Å². The average Bonchev–Trinajstić information content (AvgIpc) is 2.99. The van der Waals surface area contributed by atoms with Gasteiger partial charge in [0.05, 0.1) is 17.8 Å². The number of hydrogen-bond acceptors (Lipinski definition) is 3. The number of nitrogens with one attached hydrogen (secondary N) is 1. The summed E-state index contributed by atoms with van der Waals surface area (Å²) in [6, 6.07) is 9.16. The molecule has 1 aromatic carbocycles. The lowest BCUT2D eigenvalue weighted by atomic mass is 9.86. The van der Waals surface area contributed by atoms with E-state index in [1.165, 1.54) is 0 Å². The second-order valence-corrected chi connectivity index (χ2v) is 6.62. The van der Waals surface area contributed by atoms with Crippen molar-refractivity contribution >= 4 is 18.3 Å². The fourth-order valence-corrected chi connectivity index (χ4v) is 2.14. The first kappa shape index (κ1) is 19.2. The highest BCUT2D eigenvalue weighted by atomic mass is 35.5. The van der Waals surface area contributed by atoms with E-state index in [1.807, 2.05) is 64.2 Å². The number of halogens is 1. The van der Waals surface area contributed by atoms with Crippen LogP contribution in [0.25, 0.3) is 5.69 Å². The molecule has 5 nitrogen and oxygen atoms in total. The van der Waals surface area contributed by atoms with E-state index in [1.54, 1.807) is 10.9 Å². The van der Waals surface area contributed by atoms with Crippen molar-refractivity contribution in [1.29, 1.82) is 0 Å². The number of aromatic nitrogens is 2. The van der Waals surface area contributed by atoms with Crippen LogP contribution in [0.5, 0.6) is 0 Å². The van der Waals surface area contributed by atoms with Crippen molar-refractivity contribution < 1.29 is 4.79 Å². The standard InChI is InChI=1S/C17H24N4O.ClH/c1-12(20-16(22)15(18)17(2,3)4)13-7-5-8-14(11-13)21-10-6-9-19-21;/h5-12,15H,18H2,1-4H3,(H,20,22);1H/t12?,15-;/m1./s1. The van der Waals surface area contributed by atoms with Gasteiger partial charge in [-0.05, 0) is 36.1 Å². The Morgan fingerprint density at radius 3 is 2.57 bits per heavy atom. The Bertz CT molecular complexity index is 634. The summed E-state index contributed by atoms with van der Waals surface area (Å²) in [4.78, 5) is 12.2. The Labute approximate surface area is 143 Å². The van der Waals surface area contributed by atoms with E-state index in [4.69, 9.17) is 5.73 Å². The average molecular weight is 337 g/mol. The number of hydrogen-bond donors (Lipinski definition) is 2. The minimum atomic E-state index is -0.538. The van der Waals surface area contributed by atoms with Gasteiger partial charge in [0.15, 0.2) is 0 Å². The number of carbonyl (C=O) groups is 1. The van der Waals surface area contributed by atoms with Gasteiger partial charge in [-0.1, -0.05) is 32.9 Å². The van der Waals surface area contributed by atoms with Crippen LogP contribution >= 0.6 is 12.4 Å². The van der Waals surface area contributed by atoms with Gasteiger partial charge in [-0.3, -0.25) is 4.79 Å². The van der Waals surface area contributed by atoms with E-state index in [0.29, 0.717) is 0 Å². The number of rotatable bonds is 4. The Balaban J connectivity index is 0.00000264. The summed E-state index contributed by atoms with van der Waals surface area (Å²) in [7, 11) is 0. The molecule has 2 atom stereocenters. The first-order valence-corrected chi connectivity index (χ1v) is 7.45. The maximum absolute atomic E-state index is 12.2. The number of nitrogens with two attached hydrogens (primary N) is 1. The Morgan fingerprint density at radius 1 is 1.30 bits per heavy atom. The van der Waals surface area contributed by atoms with Gasteiger partial charge < -0.3 is 11.1 Å². The van der Waals surface area contributed by atoms with Crippen LogP contribution in [0.4, 0.5) is 0 Å². The van der Waals surface area contributed by atoms with Crippen LogP contribution in [0.1, 0.15) is 39.3 Å². The van der Waals surface area contributed by atoms with Crippen LogP contribution in [0.15, 0.2) is 42.7 Å². The minimum Gasteiger partial charge on any atom is -0.348 e. The fourth-order valence-electron chi connectivity index (χ4n) is 2.14. The molecule has 1 unspecified atom stereocenters. The molecule has 0 spiro atoms. The predicted molar refractivity (Wildman–Crippen MR) is 94.8 cm³/mol. The van der Waals surface area contributed by atoms with Gasteiger partial charge in [-0.2, -0.15) is 5.10 Å². The van der Waals surface area contributed by atoms with E-state index >= 15 is 0 Å². The molecule has 6 heteroatoms. The Kier molecular flexibility index (Phi) is 6.36. The van der Waals surface area contributed by atoms with Gasteiger partial charge in [0.25, 0.3) is 0 Å². The number of nitrogens with zero attached hydrogens (tertiary/aromatic N) is 2. The smallest absolute Gasteiger partial charge is 0.237 e. The zero-order valence-electron chi connectivity index (χ0n) is 14.0. The van der Waals surface area contributed by atoms with E-state index < -0.39 is 6.04 Å². The van der Waals surface area contributed by atoms with Gasteiger partial charge >= 0.3 is 0 Å². The minimum absolute atomic E-state index is 0. The molecule has 0 aliphatic rings. The van der Waals surface area contributed by atoms with Gasteiger partial charge in [0.2, 0.25) is 5.91 Å². The van der Waals surface area contributed by atoms with Gasteiger partial charge in [0, 0.05) is 12.4 Å². The topological polar surface area (TPSA) is 72.9 Å². The summed E-state index contributed by atoms with van der Waals surface area (Å²) in [5, 5.41) is 7.20. The second kappa shape index (κ2) is 7.62. The van der Waals surface area contributed by atoms with Crippen LogP contribution in [-0.2, 0) is 4.79 Å². The number of amides is 1. The van der Waals surface area contributed by atoms with E-state index in [0.717, 1.165) is 11.3 Å². The number of carbonyl (C=O) groups excluding carboxylic acids is 1. The van der Waals surface area contributed by atoms with Crippen LogP contribution in [0.2, 0.25) is 0 Å². The summed E-state index contributed by atoms with van der Waals surface area (Å²) >= 11 is 0. The highest BCUT2D eigenvalue weighted by Gasteiger charge is 2.28. The Hall–Kier alpha value is -1.85. The second-order valence-electron chi connectivity index (χ2n) is 6.62. The summed E-state index contributed by atoms with van der Waals surface area (Å²) in [5.74, 6) is -0.135. The molecule has 0 aliphatic carbocycles. The van der Waals surface area contributed by atoms with Crippen LogP contribution < -0.4 is 11.1 Å². The first-order chi connectivity index (χ1) is 10.3. The van der Waals surface area contributed by atoms with Gasteiger partial charge in [0.1, 0.15) is 0 Å². The molecule has 0 aliphatic heterocycles. The molecule has 1 aromatic heterocycles. The first-order valence-electron chi connectivity index (χ1n) is 7.45. The highest BCUT2D eigenvalue weighted by molar-refractivity contribution is 5.85. The zero-order chi connectivity index (χ0) is 16.3. The SMILES string of the molecule is CC(NC(=O)[C@@H](N)C(C)(C)C)c1cccc(-n2cccn2)c1.Cl. The molecule has 0 bridgehead atoms. The third kappa shape index (κ3) is 4.81. The lowest BCUT2D eigenvalue weighted by molar-refractivity contribution is -0.125. The summed E-state index contributed by atoms with van der Waals surface area (Å²) < 4.78 is 1.79. The molecule has 2 aromatic rings. The molecular weight excluding hydrogens is 312 g/mol. The fraction of sp³-hybridized carbons (Fsp3) is 0.412. The van der Waals surface area contributed by atoms with Crippen LogP contribution in [-0.4, -0.2) is 21.7 Å². The van der Waals surface area contributed by atoms with Crippen molar-refractivity contribution in [3.8, 4) is 5.69 Å². The van der Waals surface area contributed by atoms with Crippen LogP contribution in [0.3, 0.4) is 0 Å². The highest BCUT2D eigenvalue weighted by Crippen LogP contribution is 2.20. The third-order valence-corrected chi connectivity index (χ3v) is 3.71. The van der Waals surface area contributed by atoms with E-state index in [9.17, 15) is 4.79 Å². The summed E-state index contributed by atoms with van der Waals surface area (Å²) in [5.41, 5.74) is 7.72. The molecule has 126 valence electrons. The van der Waals surface area contributed by atoms with Crippen LogP contribution in [0, 0.1) is 5.41 Å². The quantitative estimate of drug-likeness (QED) is 0.901. The van der Waals surface area contributed by atoms with Gasteiger partial charge in [-0.25, -0.2) is 4.68 Å². The molecule has 0 saturated heterocycles. The molecule has 0 saturated carbocycles. The van der Waals surface area contributed by atoms with Crippen molar-refractivity contribution in [3.05, 3.63) is 48.3 Å². The lowest BCUT2D eigenvalue weighted by Gasteiger charge is -2.27. The molecule has 0 radical (unpaired) electrons. The van der Waals surface area contributed by atoms with Crippen molar-refractivity contribution in [2.24, 2.45) is 11.1 Å². The van der Waals surface area contributed by atoms with Crippen molar-refractivity contribution in [2.75, 3.05) is 0 Å². The predicted octanol–water partition coefficient (Wildman–Crippen LogP) is 2.84. The van der Waals surface area contributed by atoms with Crippen molar-refractivity contribution in [2.45, 2.75) is 39.8 Å². The number of benzene rings is 1. The monoisotopic (exact) mass is 336 g/mol. The van der Waals surface area contributed by atoms with Crippen molar-refractivity contribution in [3.63, 3.8) is 0 Å². The summed E-state index contributed by atoms with van der Waals surface area (Å²) in [6.45, 7) is 7.83. The van der Waals surface area contributed by atoms with Gasteiger partial charge in [-0.15, -0.1) is 12.4 Å². The molecule has 2 rings (SSSR count). The molecule has 23 heavy (non-hydrogen) atoms. The zero-order valence-corrected chi connectivity index (χ0v) is 14.8. The largest absolute Gasteiger partial charge is 0.348 e. The summed E-state index contributed by atoms with van der Waals surface area (Å²) in [6.07, 6.45) is 3.62. The lowest BCUT2D eigenvalue weighted by Crippen LogP contribution is -2.49. The van der Waals surface area contributed by atoms with Crippen molar-refractivity contribution in [1.82, 2.24) is 15.1 Å². The molecule has 0 fully saturated rings.